The average Bonchev–Trinajstić information content (AvgIpc) is 2.79. The first kappa shape index (κ1) is 22.1. The van der Waals surface area contributed by atoms with Crippen molar-refractivity contribution in [2.24, 2.45) is 10.7 Å². The summed E-state index contributed by atoms with van der Waals surface area (Å²) in [5, 5.41) is 5.79. The van der Waals surface area contributed by atoms with Crippen LogP contribution in [0.25, 0.3) is 0 Å². The molecule has 1 aliphatic heterocycles. The Balaban J connectivity index is 1.50. The number of nitrogens with two attached hydrogens (primary N) is 1. The van der Waals surface area contributed by atoms with Crippen molar-refractivity contribution in [1.82, 2.24) is 15.5 Å². The molecule has 2 aromatic rings. The van der Waals surface area contributed by atoms with Crippen molar-refractivity contribution in [3.63, 3.8) is 0 Å². The molecule has 9 heteroatoms. The van der Waals surface area contributed by atoms with E-state index < -0.39 is 5.91 Å². The quantitative estimate of drug-likeness (QED) is 0.471. The van der Waals surface area contributed by atoms with Crippen molar-refractivity contribution < 1.29 is 14.0 Å². The molecule has 1 saturated heterocycles. The van der Waals surface area contributed by atoms with Gasteiger partial charge >= 0.3 is 0 Å². The van der Waals surface area contributed by atoms with E-state index >= 15 is 0 Å². The van der Waals surface area contributed by atoms with Crippen LogP contribution in [0.2, 0.25) is 0 Å². The van der Waals surface area contributed by atoms with E-state index in [4.69, 9.17) is 5.73 Å². The number of piperazine rings is 1. The van der Waals surface area contributed by atoms with Crippen LogP contribution in [0.1, 0.15) is 15.9 Å². The number of nitrogens with zero attached hydrogens (tertiary/aromatic N) is 3. The van der Waals surface area contributed by atoms with Gasteiger partial charge in [-0.05, 0) is 29.8 Å². The molecule has 0 atom stereocenters. The number of guanidine groups is 1. The number of anilines is 1. The van der Waals surface area contributed by atoms with Gasteiger partial charge < -0.3 is 26.2 Å². The number of rotatable bonds is 6. The van der Waals surface area contributed by atoms with Gasteiger partial charge in [0.05, 0.1) is 12.2 Å². The van der Waals surface area contributed by atoms with Gasteiger partial charge in [0.15, 0.2) is 5.96 Å². The second kappa shape index (κ2) is 10.4. The van der Waals surface area contributed by atoms with Gasteiger partial charge in [-0.3, -0.25) is 14.6 Å². The Morgan fingerprint density at radius 3 is 2.32 bits per heavy atom. The third-order valence-corrected chi connectivity index (χ3v) is 5.07. The van der Waals surface area contributed by atoms with Crippen molar-refractivity contribution >= 4 is 23.5 Å². The number of amides is 2. The summed E-state index contributed by atoms with van der Waals surface area (Å²) in [5.74, 6) is -0.362. The molecule has 1 heterocycles. The molecule has 1 fully saturated rings. The van der Waals surface area contributed by atoms with E-state index in [-0.39, 0.29) is 18.3 Å². The summed E-state index contributed by atoms with van der Waals surface area (Å²) in [6, 6.07) is 13.9. The Bertz CT molecular complexity index is 939. The predicted molar refractivity (Wildman–Crippen MR) is 118 cm³/mol. The lowest BCUT2D eigenvalue weighted by atomic mass is 10.1. The fourth-order valence-electron chi connectivity index (χ4n) is 3.42. The van der Waals surface area contributed by atoms with Crippen LogP contribution in [-0.2, 0) is 11.3 Å². The predicted octanol–water partition coefficient (Wildman–Crippen LogP) is 0.938. The summed E-state index contributed by atoms with van der Waals surface area (Å²) in [5.41, 5.74) is 7.10. The molecular weight excluding hydrogens is 399 g/mol. The van der Waals surface area contributed by atoms with Crippen LogP contribution in [0.3, 0.4) is 0 Å². The number of carbonyl (C=O) groups is 2. The number of halogens is 1. The van der Waals surface area contributed by atoms with E-state index in [1.165, 1.54) is 6.07 Å². The molecule has 0 bridgehead atoms. The van der Waals surface area contributed by atoms with Crippen molar-refractivity contribution in [1.29, 1.82) is 0 Å². The van der Waals surface area contributed by atoms with Crippen molar-refractivity contribution in [2.45, 2.75) is 6.54 Å². The number of benzene rings is 2. The normalized spacial score (nSPS) is 14.3. The topological polar surface area (TPSA) is 103 Å². The van der Waals surface area contributed by atoms with Crippen LogP contribution in [0, 0.1) is 5.82 Å². The van der Waals surface area contributed by atoms with Crippen LogP contribution >= 0.6 is 0 Å². The fourth-order valence-corrected chi connectivity index (χ4v) is 3.42. The van der Waals surface area contributed by atoms with Gasteiger partial charge in [-0.1, -0.05) is 24.3 Å². The first-order valence-electron chi connectivity index (χ1n) is 10.1. The summed E-state index contributed by atoms with van der Waals surface area (Å²) in [6.45, 7) is 3.22. The highest BCUT2D eigenvalue weighted by molar-refractivity contribution is 5.96. The summed E-state index contributed by atoms with van der Waals surface area (Å²) in [4.78, 5) is 31.3. The molecule has 0 radical (unpaired) electrons. The Hall–Kier alpha value is -3.62. The van der Waals surface area contributed by atoms with E-state index in [0.29, 0.717) is 30.9 Å². The third-order valence-electron chi connectivity index (χ3n) is 5.07. The minimum absolute atomic E-state index is 0.192. The maximum absolute atomic E-state index is 14.0. The molecular formula is C22H27FN6O2. The lowest BCUT2D eigenvalue weighted by Crippen LogP contribution is -2.52. The average molecular weight is 426 g/mol. The number of hydrogen-bond donors (Lipinski definition) is 3. The van der Waals surface area contributed by atoms with Gasteiger partial charge in [0.2, 0.25) is 5.91 Å². The molecule has 2 aromatic carbocycles. The Kier molecular flexibility index (Phi) is 7.42. The Morgan fingerprint density at radius 1 is 1.03 bits per heavy atom. The molecule has 164 valence electrons. The van der Waals surface area contributed by atoms with Crippen molar-refractivity contribution in [3.05, 3.63) is 65.5 Å². The van der Waals surface area contributed by atoms with Gasteiger partial charge in [-0.25, -0.2) is 4.39 Å². The molecule has 8 nitrogen and oxygen atoms in total. The molecule has 3 rings (SSSR count). The van der Waals surface area contributed by atoms with Gasteiger partial charge in [0.1, 0.15) is 5.82 Å². The first-order chi connectivity index (χ1) is 15.0. The van der Waals surface area contributed by atoms with Crippen molar-refractivity contribution in [2.75, 3.05) is 44.7 Å². The molecule has 0 saturated carbocycles. The minimum atomic E-state index is -0.588. The standard InChI is InChI=1S/C22H27FN6O2/c1-25-22(29-12-10-28(11-13-29)19-5-3-2-4-18(19)23)27-14-16-6-8-17(9-7-16)21(31)26-15-20(24)30/h2-9H,10-15H2,1H3,(H2,24,30)(H,25,27)(H,26,31). The second-order valence-electron chi connectivity index (χ2n) is 7.17. The number of hydrogen-bond acceptors (Lipinski definition) is 4. The maximum Gasteiger partial charge on any atom is 0.251 e. The first-order valence-corrected chi connectivity index (χ1v) is 10.1. The fraction of sp³-hybridized carbons (Fsp3) is 0.318. The van der Waals surface area contributed by atoms with Gasteiger partial charge in [-0.2, -0.15) is 0 Å². The SMILES string of the molecule is CN=C(NCc1ccc(C(=O)NCC(N)=O)cc1)N1CCN(c2ccccc2F)CC1. The van der Waals surface area contributed by atoms with E-state index in [1.807, 2.05) is 23.1 Å². The second-order valence-corrected chi connectivity index (χ2v) is 7.17. The summed E-state index contributed by atoms with van der Waals surface area (Å²) in [7, 11) is 1.73. The molecule has 4 N–H and O–H groups in total. The van der Waals surface area contributed by atoms with E-state index in [0.717, 1.165) is 24.6 Å². The monoisotopic (exact) mass is 426 g/mol. The summed E-state index contributed by atoms with van der Waals surface area (Å²) >= 11 is 0. The molecule has 0 aliphatic carbocycles. The smallest absolute Gasteiger partial charge is 0.251 e. The van der Waals surface area contributed by atoms with Gasteiger partial charge in [0.25, 0.3) is 5.91 Å². The lowest BCUT2D eigenvalue weighted by Gasteiger charge is -2.37. The van der Waals surface area contributed by atoms with E-state index in [1.54, 1.807) is 31.3 Å². The van der Waals surface area contributed by atoms with E-state index in [9.17, 15) is 14.0 Å². The van der Waals surface area contributed by atoms with Crippen molar-refractivity contribution in [3.8, 4) is 0 Å². The Labute approximate surface area is 180 Å². The zero-order valence-electron chi connectivity index (χ0n) is 17.5. The number of nitrogens with one attached hydrogen (secondary N) is 2. The maximum atomic E-state index is 14.0. The van der Waals surface area contributed by atoms with Gasteiger partial charge in [-0.15, -0.1) is 0 Å². The Morgan fingerprint density at radius 2 is 1.71 bits per heavy atom. The molecule has 0 unspecified atom stereocenters. The largest absolute Gasteiger partial charge is 0.368 e. The number of carbonyl (C=O) groups excluding carboxylic acids is 2. The zero-order valence-corrected chi connectivity index (χ0v) is 17.5. The summed E-state index contributed by atoms with van der Waals surface area (Å²) < 4.78 is 14.0. The van der Waals surface area contributed by atoms with Crippen LogP contribution in [0.15, 0.2) is 53.5 Å². The van der Waals surface area contributed by atoms with Crippen LogP contribution in [0.4, 0.5) is 10.1 Å². The number of para-hydroxylation sites is 1. The zero-order chi connectivity index (χ0) is 22.2. The molecule has 0 aromatic heterocycles. The van der Waals surface area contributed by atoms with E-state index in [2.05, 4.69) is 20.5 Å². The number of primary amides is 1. The lowest BCUT2D eigenvalue weighted by molar-refractivity contribution is -0.117. The number of aliphatic imine (C=N–C) groups is 1. The van der Waals surface area contributed by atoms with Crippen LogP contribution in [0.5, 0.6) is 0 Å². The highest BCUT2D eigenvalue weighted by Gasteiger charge is 2.21. The van der Waals surface area contributed by atoms with Crippen LogP contribution in [-0.4, -0.2) is 62.4 Å². The summed E-state index contributed by atoms with van der Waals surface area (Å²) in [6.07, 6.45) is 0. The van der Waals surface area contributed by atoms with Crippen LogP contribution < -0.4 is 21.3 Å². The third kappa shape index (κ3) is 5.94. The molecule has 0 spiro atoms. The molecule has 31 heavy (non-hydrogen) atoms. The highest BCUT2D eigenvalue weighted by atomic mass is 19.1. The highest BCUT2D eigenvalue weighted by Crippen LogP contribution is 2.20. The molecule has 1 aliphatic rings. The minimum Gasteiger partial charge on any atom is -0.368 e. The van der Waals surface area contributed by atoms with Gasteiger partial charge in [0, 0.05) is 45.3 Å². The molecule has 2 amide bonds.